The van der Waals surface area contributed by atoms with E-state index in [4.69, 9.17) is 5.26 Å². The van der Waals surface area contributed by atoms with Gasteiger partial charge in [-0.25, -0.2) is 13.2 Å². The molecule has 17 heavy (non-hydrogen) atoms. The highest BCUT2D eigenvalue weighted by molar-refractivity contribution is 9.10. The van der Waals surface area contributed by atoms with Crippen molar-refractivity contribution in [1.82, 2.24) is 4.57 Å². The molecular formula is C11H6BrF3N2. The molecule has 0 aliphatic rings. The molecule has 0 saturated heterocycles. The molecule has 0 saturated carbocycles. The first-order valence-electron chi connectivity index (χ1n) is 4.68. The van der Waals surface area contributed by atoms with Crippen LogP contribution in [0.25, 0.3) is 10.9 Å². The summed E-state index contributed by atoms with van der Waals surface area (Å²) in [6.07, 6.45) is -5.69. The lowest BCUT2D eigenvalue weighted by molar-refractivity contribution is 0.0102. The first-order chi connectivity index (χ1) is 8.06. The van der Waals surface area contributed by atoms with E-state index in [0.717, 1.165) is 0 Å². The van der Waals surface area contributed by atoms with E-state index in [0.29, 0.717) is 14.4 Å². The molecule has 0 spiro atoms. The topological polar surface area (TPSA) is 28.7 Å². The quantitative estimate of drug-likeness (QED) is 0.824. The van der Waals surface area contributed by atoms with Crippen LogP contribution in [0.2, 0.25) is 0 Å². The number of alkyl halides is 3. The molecule has 2 nitrogen and oxygen atoms in total. The minimum absolute atomic E-state index is 0.125. The van der Waals surface area contributed by atoms with Crippen molar-refractivity contribution in [3.63, 3.8) is 0 Å². The molecule has 0 aliphatic carbocycles. The Morgan fingerprint density at radius 3 is 2.59 bits per heavy atom. The predicted molar refractivity (Wildman–Crippen MR) is 60.5 cm³/mol. The normalized spacial score (nSPS) is 12.9. The molecular weight excluding hydrogens is 297 g/mol. The molecule has 0 bridgehead atoms. The Hall–Kier alpha value is -1.48. The highest BCUT2D eigenvalue weighted by atomic mass is 79.9. The van der Waals surface area contributed by atoms with E-state index in [-0.39, 0.29) is 11.2 Å². The van der Waals surface area contributed by atoms with E-state index >= 15 is 0 Å². The summed E-state index contributed by atoms with van der Waals surface area (Å²) >= 11 is 3.23. The second kappa shape index (κ2) is 4.41. The zero-order valence-electron chi connectivity index (χ0n) is 8.37. The maximum atomic E-state index is 13.4. The van der Waals surface area contributed by atoms with Crippen molar-refractivity contribution in [2.45, 2.75) is 12.7 Å². The molecule has 88 valence electrons. The van der Waals surface area contributed by atoms with Crippen LogP contribution in [0.4, 0.5) is 13.2 Å². The van der Waals surface area contributed by atoms with Crippen LogP contribution in [0.3, 0.4) is 0 Å². The Labute approximate surface area is 103 Å². The molecule has 1 aromatic heterocycles. The standard InChI is InChI=1S/C11H6BrF3N2/c12-8-2-1-3-9-7(8)4-6(5-16)17(9)11(15)10(13)14/h1-4,10-11H. The van der Waals surface area contributed by atoms with Crippen LogP contribution in [-0.2, 0) is 0 Å². The maximum Gasteiger partial charge on any atom is 0.288 e. The molecule has 1 aromatic carbocycles. The molecule has 1 atom stereocenters. The number of benzene rings is 1. The first-order valence-corrected chi connectivity index (χ1v) is 5.47. The predicted octanol–water partition coefficient (Wildman–Crippen LogP) is 4.01. The SMILES string of the molecule is N#Cc1cc2c(Br)cccc2n1C(F)C(F)F. The fourth-order valence-corrected chi connectivity index (χ4v) is 2.15. The highest BCUT2D eigenvalue weighted by Crippen LogP contribution is 2.32. The Bertz CT molecular complexity index is 601. The summed E-state index contributed by atoms with van der Waals surface area (Å²) in [6, 6.07) is 7.89. The molecule has 2 rings (SSSR count). The zero-order chi connectivity index (χ0) is 12.6. The number of rotatable bonds is 2. The van der Waals surface area contributed by atoms with Gasteiger partial charge in [-0.15, -0.1) is 0 Å². The summed E-state index contributed by atoms with van der Waals surface area (Å²) in [5.74, 6) is 0. The average Bonchev–Trinajstić information content (AvgIpc) is 2.67. The van der Waals surface area contributed by atoms with E-state index in [9.17, 15) is 13.2 Å². The van der Waals surface area contributed by atoms with Gasteiger partial charge in [-0.1, -0.05) is 22.0 Å². The zero-order valence-corrected chi connectivity index (χ0v) is 9.96. The van der Waals surface area contributed by atoms with Gasteiger partial charge in [-0.3, -0.25) is 4.57 Å². The van der Waals surface area contributed by atoms with Crippen LogP contribution >= 0.6 is 15.9 Å². The van der Waals surface area contributed by atoms with E-state index < -0.39 is 12.7 Å². The second-order valence-electron chi connectivity index (χ2n) is 3.39. The van der Waals surface area contributed by atoms with Gasteiger partial charge in [-0.2, -0.15) is 5.26 Å². The summed E-state index contributed by atoms with van der Waals surface area (Å²) < 4.78 is 39.6. The van der Waals surface area contributed by atoms with Gasteiger partial charge in [0.05, 0.1) is 5.52 Å². The molecule has 1 unspecified atom stereocenters. The molecule has 0 amide bonds. The van der Waals surface area contributed by atoms with E-state index in [1.807, 2.05) is 0 Å². The molecule has 6 heteroatoms. The molecule has 0 radical (unpaired) electrons. The highest BCUT2D eigenvalue weighted by Gasteiger charge is 2.25. The van der Waals surface area contributed by atoms with Crippen LogP contribution < -0.4 is 0 Å². The third kappa shape index (κ3) is 1.91. The van der Waals surface area contributed by atoms with Crippen molar-refractivity contribution in [3.05, 3.63) is 34.4 Å². The van der Waals surface area contributed by atoms with Gasteiger partial charge in [0.1, 0.15) is 11.8 Å². The largest absolute Gasteiger partial charge is 0.296 e. The molecule has 0 N–H and O–H groups in total. The van der Waals surface area contributed by atoms with Crippen molar-refractivity contribution in [2.75, 3.05) is 0 Å². The summed E-state index contributed by atoms with van der Waals surface area (Å²) in [4.78, 5) is 0. The maximum absolute atomic E-state index is 13.4. The first kappa shape index (κ1) is 12.0. The fourth-order valence-electron chi connectivity index (χ4n) is 1.68. The smallest absolute Gasteiger partial charge is 0.288 e. The lowest BCUT2D eigenvalue weighted by Crippen LogP contribution is -2.13. The van der Waals surface area contributed by atoms with E-state index in [1.54, 1.807) is 18.2 Å². The third-order valence-electron chi connectivity index (χ3n) is 2.40. The van der Waals surface area contributed by atoms with Crippen LogP contribution in [0.1, 0.15) is 12.0 Å². The molecule has 0 fully saturated rings. The molecule has 1 heterocycles. The number of nitrogens with zero attached hydrogens (tertiary/aromatic N) is 2. The average molecular weight is 303 g/mol. The third-order valence-corrected chi connectivity index (χ3v) is 3.09. The van der Waals surface area contributed by atoms with E-state index in [2.05, 4.69) is 15.9 Å². The second-order valence-corrected chi connectivity index (χ2v) is 4.25. The van der Waals surface area contributed by atoms with Gasteiger partial charge < -0.3 is 0 Å². The molecule has 0 aliphatic heterocycles. The van der Waals surface area contributed by atoms with Crippen LogP contribution in [0, 0.1) is 11.3 Å². The number of aromatic nitrogens is 1. The van der Waals surface area contributed by atoms with Gasteiger partial charge in [0.25, 0.3) is 6.43 Å². The Kier molecular flexibility index (Phi) is 3.11. The molecule has 2 aromatic rings. The van der Waals surface area contributed by atoms with Crippen molar-refractivity contribution in [2.24, 2.45) is 0 Å². The van der Waals surface area contributed by atoms with Gasteiger partial charge in [-0.05, 0) is 18.2 Å². The number of halogens is 4. The lowest BCUT2D eigenvalue weighted by Gasteiger charge is -2.11. The minimum Gasteiger partial charge on any atom is -0.296 e. The minimum atomic E-state index is -3.17. The van der Waals surface area contributed by atoms with Crippen LogP contribution in [-0.4, -0.2) is 11.0 Å². The van der Waals surface area contributed by atoms with Crippen molar-refractivity contribution < 1.29 is 13.2 Å². The van der Waals surface area contributed by atoms with Gasteiger partial charge in [0, 0.05) is 9.86 Å². The van der Waals surface area contributed by atoms with Crippen molar-refractivity contribution >= 4 is 26.8 Å². The van der Waals surface area contributed by atoms with Gasteiger partial charge in [0.15, 0.2) is 0 Å². The number of nitriles is 1. The monoisotopic (exact) mass is 302 g/mol. The van der Waals surface area contributed by atoms with Crippen molar-refractivity contribution in [3.8, 4) is 6.07 Å². The van der Waals surface area contributed by atoms with Crippen LogP contribution in [0.15, 0.2) is 28.7 Å². The lowest BCUT2D eigenvalue weighted by atomic mass is 10.2. The Morgan fingerprint density at radius 2 is 2.00 bits per heavy atom. The van der Waals surface area contributed by atoms with Gasteiger partial charge >= 0.3 is 0 Å². The van der Waals surface area contributed by atoms with E-state index in [1.165, 1.54) is 12.1 Å². The number of hydrogen-bond acceptors (Lipinski definition) is 1. The Morgan fingerprint density at radius 1 is 1.29 bits per heavy atom. The summed E-state index contributed by atoms with van der Waals surface area (Å²) in [6.45, 7) is 0. The fraction of sp³-hybridized carbons (Fsp3) is 0.182. The number of hydrogen-bond donors (Lipinski definition) is 0. The van der Waals surface area contributed by atoms with Crippen LogP contribution in [0.5, 0.6) is 0 Å². The summed E-state index contributed by atoms with van der Waals surface area (Å²) in [5.41, 5.74) is 0.142. The van der Waals surface area contributed by atoms with Gasteiger partial charge in [0.2, 0.25) is 6.30 Å². The summed E-state index contributed by atoms with van der Waals surface area (Å²) in [5, 5.41) is 9.38. The van der Waals surface area contributed by atoms with Crippen molar-refractivity contribution in [1.29, 1.82) is 5.26 Å². The number of fused-ring (bicyclic) bond motifs is 1. The summed E-state index contributed by atoms with van der Waals surface area (Å²) in [7, 11) is 0. The Balaban J connectivity index is 2.77.